The summed E-state index contributed by atoms with van der Waals surface area (Å²) in [5, 5.41) is 0. The van der Waals surface area contributed by atoms with Crippen molar-refractivity contribution in [1.29, 1.82) is 0 Å². The molecule has 0 aliphatic carbocycles. The molecule has 2 aromatic carbocycles. The molecule has 0 saturated carbocycles. The SMILES string of the molecule is CN1C(=O)C(c2cncc(CF)c2)(c2ccc(F)c(-c3ccc(F)cc3)c2)N=C1N. The number of hydrogen-bond donors (Lipinski definition) is 1. The highest BCUT2D eigenvalue weighted by Crippen LogP contribution is 2.41. The van der Waals surface area contributed by atoms with Gasteiger partial charge in [-0.05, 0) is 41.5 Å². The van der Waals surface area contributed by atoms with E-state index in [1.165, 1.54) is 72.9 Å². The summed E-state index contributed by atoms with van der Waals surface area (Å²) < 4.78 is 41.2. The topological polar surface area (TPSA) is 71.6 Å². The first-order valence-corrected chi connectivity index (χ1v) is 9.06. The second-order valence-electron chi connectivity index (χ2n) is 6.96. The molecule has 2 N–H and O–H groups in total. The van der Waals surface area contributed by atoms with Gasteiger partial charge in [0.2, 0.25) is 0 Å². The van der Waals surface area contributed by atoms with Crippen molar-refractivity contribution in [2.45, 2.75) is 12.2 Å². The highest BCUT2D eigenvalue weighted by Gasteiger charge is 2.50. The molecule has 1 aliphatic rings. The number of alkyl halides is 1. The average Bonchev–Trinajstić information content (AvgIpc) is 2.99. The highest BCUT2D eigenvalue weighted by molar-refractivity contribution is 6.09. The summed E-state index contributed by atoms with van der Waals surface area (Å²) in [5.41, 5.74) is 5.79. The average molecular weight is 410 g/mol. The zero-order chi connectivity index (χ0) is 21.5. The van der Waals surface area contributed by atoms with E-state index in [2.05, 4.69) is 9.98 Å². The zero-order valence-corrected chi connectivity index (χ0v) is 15.9. The molecule has 1 aromatic heterocycles. The minimum Gasteiger partial charge on any atom is -0.369 e. The number of halogens is 3. The molecule has 2 heterocycles. The predicted molar refractivity (Wildman–Crippen MR) is 106 cm³/mol. The molecular formula is C22H17F3N4O. The van der Waals surface area contributed by atoms with Crippen molar-refractivity contribution < 1.29 is 18.0 Å². The smallest absolute Gasteiger partial charge is 0.266 e. The van der Waals surface area contributed by atoms with Crippen molar-refractivity contribution in [2.24, 2.45) is 10.7 Å². The summed E-state index contributed by atoms with van der Waals surface area (Å²) in [7, 11) is 1.47. The molecule has 30 heavy (non-hydrogen) atoms. The van der Waals surface area contributed by atoms with Crippen molar-refractivity contribution in [3.05, 3.63) is 89.2 Å². The van der Waals surface area contributed by atoms with E-state index in [9.17, 15) is 18.0 Å². The van der Waals surface area contributed by atoms with Gasteiger partial charge < -0.3 is 5.73 Å². The number of guanidine groups is 1. The molecule has 0 spiro atoms. The van der Waals surface area contributed by atoms with Crippen LogP contribution < -0.4 is 5.73 Å². The van der Waals surface area contributed by atoms with Gasteiger partial charge in [-0.25, -0.2) is 18.2 Å². The lowest BCUT2D eigenvalue weighted by Gasteiger charge is -2.26. The number of pyridine rings is 1. The van der Waals surface area contributed by atoms with Gasteiger partial charge in [-0.15, -0.1) is 0 Å². The number of carbonyl (C=O) groups is 1. The summed E-state index contributed by atoms with van der Waals surface area (Å²) in [6, 6.07) is 10.9. The molecule has 8 heteroatoms. The molecule has 5 nitrogen and oxygen atoms in total. The maximum Gasteiger partial charge on any atom is 0.266 e. The molecule has 152 valence electrons. The van der Waals surface area contributed by atoms with E-state index >= 15 is 0 Å². The standard InChI is InChI=1S/C22H17F3N4O/c1-29-20(30)22(28-21(29)26,16-8-13(10-23)11-27-12-16)15-4-7-19(25)18(9-15)14-2-5-17(24)6-3-14/h2-9,11-12H,10H2,1H3,(H2,26,28). The van der Waals surface area contributed by atoms with Gasteiger partial charge in [0.1, 0.15) is 18.3 Å². The maximum atomic E-state index is 14.6. The van der Waals surface area contributed by atoms with Crippen molar-refractivity contribution in [3.8, 4) is 11.1 Å². The third-order valence-corrected chi connectivity index (χ3v) is 5.15. The lowest BCUT2D eigenvalue weighted by atomic mass is 9.82. The monoisotopic (exact) mass is 410 g/mol. The Morgan fingerprint density at radius 1 is 1.03 bits per heavy atom. The fourth-order valence-corrected chi connectivity index (χ4v) is 3.54. The number of likely N-dealkylation sites (N-methyl/N-ethyl adjacent to an activating group) is 1. The fourth-order valence-electron chi connectivity index (χ4n) is 3.54. The molecule has 0 bridgehead atoms. The largest absolute Gasteiger partial charge is 0.369 e. The Bertz CT molecular complexity index is 1160. The quantitative estimate of drug-likeness (QED) is 0.715. The third kappa shape index (κ3) is 3.01. The van der Waals surface area contributed by atoms with E-state index in [4.69, 9.17) is 5.73 Å². The molecule has 0 saturated heterocycles. The molecule has 3 aromatic rings. The van der Waals surface area contributed by atoms with Crippen LogP contribution in [-0.2, 0) is 17.0 Å². The number of hydrogen-bond acceptors (Lipinski definition) is 4. The Balaban J connectivity index is 1.96. The first kappa shape index (κ1) is 19.6. The van der Waals surface area contributed by atoms with Crippen LogP contribution in [-0.4, -0.2) is 28.8 Å². The second kappa shape index (κ2) is 7.29. The van der Waals surface area contributed by atoms with Gasteiger partial charge in [-0.1, -0.05) is 18.2 Å². The summed E-state index contributed by atoms with van der Waals surface area (Å²) in [4.78, 5) is 22.9. The van der Waals surface area contributed by atoms with E-state index < -0.39 is 29.8 Å². The summed E-state index contributed by atoms with van der Waals surface area (Å²) in [5.74, 6) is -1.51. The van der Waals surface area contributed by atoms with Crippen LogP contribution in [0.1, 0.15) is 16.7 Å². The van der Waals surface area contributed by atoms with Gasteiger partial charge in [0.25, 0.3) is 5.91 Å². The van der Waals surface area contributed by atoms with Gasteiger partial charge in [0.05, 0.1) is 0 Å². The van der Waals surface area contributed by atoms with Crippen LogP contribution in [0.3, 0.4) is 0 Å². The van der Waals surface area contributed by atoms with E-state index in [1.807, 2.05) is 0 Å². The number of benzene rings is 2. The predicted octanol–water partition coefficient (Wildman–Crippen LogP) is 3.53. The van der Waals surface area contributed by atoms with Gasteiger partial charge in [0.15, 0.2) is 11.5 Å². The highest BCUT2D eigenvalue weighted by atomic mass is 19.1. The summed E-state index contributed by atoms with van der Waals surface area (Å²) in [6.45, 7) is -0.773. The van der Waals surface area contributed by atoms with Gasteiger partial charge in [-0.3, -0.25) is 14.7 Å². The molecule has 4 rings (SSSR count). The third-order valence-electron chi connectivity index (χ3n) is 5.15. The van der Waals surface area contributed by atoms with Crippen molar-refractivity contribution >= 4 is 11.9 Å². The number of nitrogens with zero attached hydrogens (tertiary/aromatic N) is 3. The van der Waals surface area contributed by atoms with Crippen LogP contribution in [0.4, 0.5) is 13.2 Å². The molecule has 1 amide bonds. The first-order chi connectivity index (χ1) is 14.4. The van der Waals surface area contributed by atoms with Crippen LogP contribution in [0, 0.1) is 11.6 Å². The molecule has 1 unspecified atom stereocenters. The number of nitrogens with two attached hydrogens (primary N) is 1. The molecule has 0 radical (unpaired) electrons. The Morgan fingerprint density at radius 2 is 1.77 bits per heavy atom. The molecule has 1 aliphatic heterocycles. The first-order valence-electron chi connectivity index (χ1n) is 9.06. The number of rotatable bonds is 4. The molecule has 0 fully saturated rings. The second-order valence-corrected chi connectivity index (χ2v) is 6.96. The minimum absolute atomic E-state index is 0.0293. The van der Waals surface area contributed by atoms with Crippen LogP contribution in [0.5, 0.6) is 0 Å². The van der Waals surface area contributed by atoms with Crippen LogP contribution in [0.25, 0.3) is 11.1 Å². The van der Waals surface area contributed by atoms with Gasteiger partial charge in [-0.2, -0.15) is 0 Å². The minimum atomic E-state index is -1.64. The lowest BCUT2D eigenvalue weighted by molar-refractivity contribution is -0.129. The van der Waals surface area contributed by atoms with Crippen molar-refractivity contribution in [2.75, 3.05) is 7.05 Å². The normalized spacial score (nSPS) is 18.6. The van der Waals surface area contributed by atoms with Gasteiger partial charge in [0, 0.05) is 36.1 Å². The lowest BCUT2D eigenvalue weighted by Crippen LogP contribution is -2.41. The number of carbonyl (C=O) groups excluding carboxylic acids is 1. The van der Waals surface area contributed by atoms with Crippen molar-refractivity contribution in [3.63, 3.8) is 0 Å². The Hall–Kier alpha value is -3.68. The van der Waals surface area contributed by atoms with E-state index in [0.29, 0.717) is 16.7 Å². The van der Waals surface area contributed by atoms with E-state index in [0.717, 1.165) is 0 Å². The van der Waals surface area contributed by atoms with E-state index in [-0.39, 0.29) is 17.1 Å². The Morgan fingerprint density at radius 3 is 2.40 bits per heavy atom. The van der Waals surface area contributed by atoms with Crippen LogP contribution in [0.2, 0.25) is 0 Å². The fraction of sp³-hybridized carbons (Fsp3) is 0.136. The van der Waals surface area contributed by atoms with Crippen LogP contribution >= 0.6 is 0 Å². The number of amides is 1. The van der Waals surface area contributed by atoms with Crippen molar-refractivity contribution in [1.82, 2.24) is 9.88 Å². The number of aliphatic imine (C=N–C) groups is 1. The maximum absolute atomic E-state index is 14.6. The van der Waals surface area contributed by atoms with Crippen LogP contribution in [0.15, 0.2) is 65.9 Å². The van der Waals surface area contributed by atoms with E-state index in [1.54, 1.807) is 0 Å². The Kier molecular flexibility index (Phi) is 4.77. The molecular weight excluding hydrogens is 393 g/mol. The molecule has 1 atom stereocenters. The van der Waals surface area contributed by atoms with Gasteiger partial charge >= 0.3 is 0 Å². The summed E-state index contributed by atoms with van der Waals surface area (Å²) in [6.07, 6.45) is 2.76. The zero-order valence-electron chi connectivity index (χ0n) is 15.9. The Labute approximate surface area is 170 Å². The summed E-state index contributed by atoms with van der Waals surface area (Å²) >= 11 is 0. The number of aromatic nitrogens is 1.